The highest BCUT2D eigenvalue weighted by Gasteiger charge is 2.23. The van der Waals surface area contributed by atoms with Gasteiger partial charge >= 0.3 is 0 Å². The lowest BCUT2D eigenvalue weighted by Crippen LogP contribution is -2.39. The van der Waals surface area contributed by atoms with Gasteiger partial charge in [0.15, 0.2) is 0 Å². The van der Waals surface area contributed by atoms with Crippen LogP contribution < -0.4 is 10.0 Å². The lowest BCUT2D eigenvalue weighted by molar-refractivity contribution is -0.129. The molecule has 0 bridgehead atoms. The highest BCUT2D eigenvalue weighted by Crippen LogP contribution is 2.12. The van der Waals surface area contributed by atoms with E-state index in [2.05, 4.69) is 10.0 Å². The second kappa shape index (κ2) is 7.71. The molecule has 0 aromatic heterocycles. The number of nitrogens with one attached hydrogen (secondary N) is 2. The molecule has 0 spiro atoms. The van der Waals surface area contributed by atoms with Gasteiger partial charge < -0.3 is 10.1 Å². The van der Waals surface area contributed by atoms with Gasteiger partial charge in [-0.15, -0.1) is 0 Å². The number of sulfonamides is 1. The molecule has 1 amide bonds. The van der Waals surface area contributed by atoms with Crippen molar-refractivity contribution in [3.8, 4) is 0 Å². The van der Waals surface area contributed by atoms with Gasteiger partial charge in [-0.1, -0.05) is 19.1 Å². The van der Waals surface area contributed by atoms with Gasteiger partial charge in [0.1, 0.15) is 6.10 Å². The van der Waals surface area contributed by atoms with Crippen LogP contribution in [-0.2, 0) is 26.0 Å². The number of hydrogen-bond acceptors (Lipinski definition) is 4. The Kier molecular flexibility index (Phi) is 5.93. The summed E-state index contributed by atoms with van der Waals surface area (Å²) in [5.74, 6) is -0.177. The number of amides is 1. The number of carbonyl (C=O) groups excluding carboxylic acids is 1. The molecule has 1 atom stereocenters. The number of carbonyl (C=O) groups is 1. The number of benzene rings is 1. The van der Waals surface area contributed by atoms with E-state index >= 15 is 0 Å². The van der Waals surface area contributed by atoms with E-state index in [9.17, 15) is 13.2 Å². The topological polar surface area (TPSA) is 84.5 Å². The van der Waals surface area contributed by atoms with Crippen LogP contribution in [0.3, 0.4) is 0 Å². The van der Waals surface area contributed by atoms with Crippen LogP contribution in [0.2, 0.25) is 0 Å². The average Bonchev–Trinajstić information content (AvgIpc) is 3.06. The fourth-order valence-electron chi connectivity index (χ4n) is 2.26. The Morgan fingerprint density at radius 3 is 2.59 bits per heavy atom. The highest BCUT2D eigenvalue weighted by atomic mass is 32.2. The van der Waals surface area contributed by atoms with E-state index in [1.54, 1.807) is 24.3 Å². The monoisotopic (exact) mass is 326 g/mol. The second-order valence-corrected chi connectivity index (χ2v) is 6.95. The molecule has 2 rings (SSSR count). The van der Waals surface area contributed by atoms with E-state index in [1.165, 1.54) is 0 Å². The molecular formula is C15H22N2O4S. The summed E-state index contributed by atoms with van der Waals surface area (Å²) in [5.41, 5.74) is 1.09. The van der Waals surface area contributed by atoms with Crippen LogP contribution in [0, 0.1) is 0 Å². The molecule has 1 aliphatic heterocycles. The van der Waals surface area contributed by atoms with E-state index in [0.717, 1.165) is 24.8 Å². The van der Waals surface area contributed by atoms with Crippen molar-refractivity contribution < 1.29 is 17.9 Å². The zero-order chi connectivity index (χ0) is 16.0. The first-order valence-electron chi connectivity index (χ1n) is 7.51. The third-order valence-electron chi connectivity index (χ3n) is 3.58. The van der Waals surface area contributed by atoms with Gasteiger partial charge in [0.05, 0.1) is 4.90 Å². The van der Waals surface area contributed by atoms with Crippen molar-refractivity contribution >= 4 is 15.9 Å². The van der Waals surface area contributed by atoms with Crippen LogP contribution in [-0.4, -0.2) is 40.1 Å². The fraction of sp³-hybridized carbons (Fsp3) is 0.533. The predicted octanol–water partition coefficient (Wildman–Crippen LogP) is 0.822. The molecule has 1 aromatic carbocycles. The third kappa shape index (κ3) is 4.53. The van der Waals surface area contributed by atoms with Gasteiger partial charge in [0, 0.05) is 19.7 Å². The molecule has 0 saturated carbocycles. The van der Waals surface area contributed by atoms with E-state index in [1.807, 2.05) is 6.92 Å². The minimum Gasteiger partial charge on any atom is -0.368 e. The normalized spacial score (nSPS) is 18.3. The first-order valence-corrected chi connectivity index (χ1v) is 8.99. The lowest BCUT2D eigenvalue weighted by atomic mass is 10.2. The van der Waals surface area contributed by atoms with Crippen molar-refractivity contribution in [3.05, 3.63) is 29.8 Å². The first-order chi connectivity index (χ1) is 10.5. The Morgan fingerprint density at radius 1 is 1.27 bits per heavy atom. The minimum absolute atomic E-state index is 0.149. The van der Waals surface area contributed by atoms with Gasteiger partial charge in [-0.05, 0) is 37.0 Å². The van der Waals surface area contributed by atoms with Crippen LogP contribution in [0.15, 0.2) is 29.2 Å². The van der Waals surface area contributed by atoms with Crippen LogP contribution in [0.25, 0.3) is 0 Å². The van der Waals surface area contributed by atoms with E-state index in [-0.39, 0.29) is 23.9 Å². The SMILES string of the molecule is CCc1ccc(S(=O)(=O)NCCNC(=O)C2CCCO2)cc1. The van der Waals surface area contributed by atoms with Crippen molar-refractivity contribution in [2.24, 2.45) is 0 Å². The molecule has 1 aromatic rings. The number of aryl methyl sites for hydroxylation is 1. The van der Waals surface area contributed by atoms with Gasteiger partial charge in [-0.2, -0.15) is 0 Å². The van der Waals surface area contributed by atoms with Crippen LogP contribution in [0.1, 0.15) is 25.3 Å². The zero-order valence-corrected chi connectivity index (χ0v) is 13.5. The van der Waals surface area contributed by atoms with Crippen molar-refractivity contribution in [1.82, 2.24) is 10.0 Å². The van der Waals surface area contributed by atoms with E-state index in [4.69, 9.17) is 4.74 Å². The Bertz CT molecular complexity index is 592. The molecule has 122 valence electrons. The maximum atomic E-state index is 12.1. The van der Waals surface area contributed by atoms with Gasteiger partial charge in [0.2, 0.25) is 15.9 Å². The van der Waals surface area contributed by atoms with Crippen molar-refractivity contribution in [1.29, 1.82) is 0 Å². The molecule has 0 radical (unpaired) electrons. The fourth-order valence-corrected chi connectivity index (χ4v) is 3.29. The van der Waals surface area contributed by atoms with Crippen LogP contribution >= 0.6 is 0 Å². The molecule has 22 heavy (non-hydrogen) atoms. The van der Waals surface area contributed by atoms with E-state index < -0.39 is 16.1 Å². The largest absolute Gasteiger partial charge is 0.368 e. The number of hydrogen-bond donors (Lipinski definition) is 2. The number of rotatable bonds is 7. The molecule has 1 unspecified atom stereocenters. The molecule has 2 N–H and O–H groups in total. The summed E-state index contributed by atoms with van der Waals surface area (Å²) in [5, 5.41) is 2.68. The Balaban J connectivity index is 1.78. The molecule has 6 nitrogen and oxygen atoms in total. The smallest absolute Gasteiger partial charge is 0.249 e. The zero-order valence-electron chi connectivity index (χ0n) is 12.7. The summed E-state index contributed by atoms with van der Waals surface area (Å²) >= 11 is 0. The molecule has 1 saturated heterocycles. The van der Waals surface area contributed by atoms with Crippen molar-refractivity contribution in [2.75, 3.05) is 19.7 Å². The van der Waals surface area contributed by atoms with Crippen molar-refractivity contribution in [3.63, 3.8) is 0 Å². The van der Waals surface area contributed by atoms with Gasteiger partial charge in [-0.25, -0.2) is 13.1 Å². The Hall–Kier alpha value is -1.44. The maximum absolute atomic E-state index is 12.1. The van der Waals surface area contributed by atoms with Crippen LogP contribution in [0.4, 0.5) is 0 Å². The molecule has 0 aliphatic carbocycles. The third-order valence-corrected chi connectivity index (χ3v) is 5.06. The van der Waals surface area contributed by atoms with E-state index in [0.29, 0.717) is 6.61 Å². The van der Waals surface area contributed by atoms with Crippen molar-refractivity contribution in [2.45, 2.75) is 37.2 Å². The molecule has 1 aliphatic rings. The second-order valence-electron chi connectivity index (χ2n) is 5.19. The van der Waals surface area contributed by atoms with Crippen LogP contribution in [0.5, 0.6) is 0 Å². The average molecular weight is 326 g/mol. The Morgan fingerprint density at radius 2 is 2.00 bits per heavy atom. The summed E-state index contributed by atoms with van der Waals surface area (Å²) < 4.78 is 31.9. The summed E-state index contributed by atoms with van der Waals surface area (Å²) in [7, 11) is -3.53. The maximum Gasteiger partial charge on any atom is 0.249 e. The lowest BCUT2D eigenvalue weighted by Gasteiger charge is -2.11. The standard InChI is InChI=1S/C15H22N2O4S/c1-2-12-5-7-13(8-6-12)22(19,20)17-10-9-16-15(18)14-4-3-11-21-14/h5-8,14,17H,2-4,9-11H2,1H3,(H,16,18). The minimum atomic E-state index is -3.53. The number of ether oxygens (including phenoxy) is 1. The molecular weight excluding hydrogens is 304 g/mol. The quantitative estimate of drug-likeness (QED) is 0.727. The van der Waals surface area contributed by atoms with Gasteiger partial charge in [0.25, 0.3) is 0 Å². The summed E-state index contributed by atoms with van der Waals surface area (Å²) in [6.45, 7) is 3.01. The summed E-state index contributed by atoms with van der Waals surface area (Å²) in [6.07, 6.45) is 2.08. The molecule has 1 fully saturated rings. The summed E-state index contributed by atoms with van der Waals surface area (Å²) in [4.78, 5) is 11.9. The highest BCUT2D eigenvalue weighted by molar-refractivity contribution is 7.89. The summed E-state index contributed by atoms with van der Waals surface area (Å²) in [6, 6.07) is 6.78. The van der Waals surface area contributed by atoms with Gasteiger partial charge in [-0.3, -0.25) is 4.79 Å². The molecule has 7 heteroatoms. The molecule has 1 heterocycles. The predicted molar refractivity (Wildman–Crippen MR) is 83.0 cm³/mol. The first kappa shape index (κ1) is 16.9. The Labute approximate surface area is 131 Å².